The molecule has 0 spiro atoms. The summed E-state index contributed by atoms with van der Waals surface area (Å²) in [5.74, 6) is -6.38. The number of halogens is 5. The van der Waals surface area contributed by atoms with E-state index in [1.165, 1.54) is 6.92 Å². The lowest BCUT2D eigenvalue weighted by Crippen LogP contribution is -2.65. The van der Waals surface area contributed by atoms with E-state index in [1.807, 2.05) is 56.3 Å². The van der Waals surface area contributed by atoms with Crippen LogP contribution in [0.3, 0.4) is 0 Å². The van der Waals surface area contributed by atoms with Gasteiger partial charge in [-0.05, 0) is 79.2 Å². The van der Waals surface area contributed by atoms with Crippen LogP contribution in [0.4, 0.5) is 22.0 Å². The monoisotopic (exact) mass is 664 g/mol. The third kappa shape index (κ3) is 5.91. The van der Waals surface area contributed by atoms with Gasteiger partial charge in [0.15, 0.2) is 0 Å². The van der Waals surface area contributed by atoms with Crippen molar-refractivity contribution < 1.29 is 46.4 Å². The van der Waals surface area contributed by atoms with Crippen molar-refractivity contribution in [3.8, 4) is 5.75 Å². The molecular formula is C37H45F5O5. The summed E-state index contributed by atoms with van der Waals surface area (Å²) in [6.07, 6.45) is -5.64. The first kappa shape index (κ1) is 34.3. The van der Waals surface area contributed by atoms with Gasteiger partial charge in [-0.3, -0.25) is 0 Å². The van der Waals surface area contributed by atoms with Crippen LogP contribution in [-0.4, -0.2) is 59.9 Å². The predicted molar refractivity (Wildman–Crippen MR) is 166 cm³/mol. The van der Waals surface area contributed by atoms with Crippen molar-refractivity contribution in [3.05, 3.63) is 76.9 Å². The second-order valence-electron chi connectivity index (χ2n) is 15.2. The van der Waals surface area contributed by atoms with E-state index < -0.39 is 52.9 Å². The lowest BCUT2D eigenvalue weighted by Gasteiger charge is -2.57. The van der Waals surface area contributed by atoms with E-state index in [1.54, 1.807) is 12.1 Å². The molecular weight excluding hydrogens is 619 g/mol. The molecule has 1 saturated heterocycles. The van der Waals surface area contributed by atoms with Crippen molar-refractivity contribution >= 4 is 0 Å². The van der Waals surface area contributed by atoms with Gasteiger partial charge in [-0.25, -0.2) is 0 Å². The maximum atomic E-state index is 15.4. The minimum atomic E-state index is -5.91. The third-order valence-electron chi connectivity index (χ3n) is 11.5. The fourth-order valence-corrected chi connectivity index (χ4v) is 9.04. The van der Waals surface area contributed by atoms with Crippen molar-refractivity contribution in [3.63, 3.8) is 0 Å². The number of benzene rings is 2. The highest BCUT2D eigenvalue weighted by atomic mass is 19.4. The highest BCUT2D eigenvalue weighted by Crippen LogP contribution is 2.70. The highest BCUT2D eigenvalue weighted by Gasteiger charge is 2.79. The van der Waals surface area contributed by atoms with Crippen molar-refractivity contribution in [2.75, 3.05) is 26.4 Å². The molecule has 5 nitrogen and oxygen atoms in total. The zero-order valence-corrected chi connectivity index (χ0v) is 27.2. The van der Waals surface area contributed by atoms with E-state index in [0.29, 0.717) is 50.6 Å². The maximum Gasteiger partial charge on any atom is 0.456 e. The number of hydrogen-bond donors (Lipinski definition) is 2. The van der Waals surface area contributed by atoms with Gasteiger partial charge in [-0.1, -0.05) is 68.8 Å². The van der Waals surface area contributed by atoms with Crippen LogP contribution in [0.15, 0.2) is 65.7 Å². The summed E-state index contributed by atoms with van der Waals surface area (Å²) in [7, 11) is 0. The van der Waals surface area contributed by atoms with E-state index in [2.05, 4.69) is 0 Å². The molecule has 3 aliphatic carbocycles. The molecule has 0 bridgehead atoms. The molecule has 6 atom stereocenters. The molecule has 0 amide bonds. The van der Waals surface area contributed by atoms with E-state index in [9.17, 15) is 23.4 Å². The summed E-state index contributed by atoms with van der Waals surface area (Å²) in [6, 6.07) is 16.8. The quantitative estimate of drug-likeness (QED) is 0.251. The molecule has 2 saturated carbocycles. The number of alkyl halides is 5. The van der Waals surface area contributed by atoms with Gasteiger partial charge < -0.3 is 24.4 Å². The van der Waals surface area contributed by atoms with E-state index >= 15 is 8.78 Å². The van der Waals surface area contributed by atoms with Gasteiger partial charge in [-0.2, -0.15) is 22.0 Å². The van der Waals surface area contributed by atoms with Crippen LogP contribution >= 0.6 is 0 Å². The molecule has 3 fully saturated rings. The molecule has 0 radical (unpaired) electrons. The van der Waals surface area contributed by atoms with Crippen LogP contribution in [-0.2, 0) is 16.1 Å². The first-order valence-electron chi connectivity index (χ1n) is 16.6. The summed E-state index contributed by atoms with van der Waals surface area (Å²) in [6.45, 7) is 7.01. The minimum absolute atomic E-state index is 0.0265. The van der Waals surface area contributed by atoms with Gasteiger partial charge >= 0.3 is 12.1 Å². The molecule has 4 aliphatic rings. The summed E-state index contributed by atoms with van der Waals surface area (Å²) in [5.41, 5.74) is -3.34. The van der Waals surface area contributed by atoms with Gasteiger partial charge in [0, 0.05) is 16.7 Å². The summed E-state index contributed by atoms with van der Waals surface area (Å²) >= 11 is 0. The van der Waals surface area contributed by atoms with Crippen molar-refractivity contribution in [1.29, 1.82) is 0 Å². The average molecular weight is 665 g/mol. The van der Waals surface area contributed by atoms with Gasteiger partial charge in [-0.15, -0.1) is 0 Å². The minimum Gasteiger partial charge on any atom is -0.489 e. The molecule has 258 valence electrons. The number of rotatable bonds is 5. The van der Waals surface area contributed by atoms with Gasteiger partial charge in [0.25, 0.3) is 0 Å². The Kier molecular flexibility index (Phi) is 8.85. The first-order chi connectivity index (χ1) is 22.0. The van der Waals surface area contributed by atoms with Crippen molar-refractivity contribution in [1.82, 2.24) is 0 Å². The lowest BCUT2D eigenvalue weighted by molar-refractivity contribution is -0.362. The van der Waals surface area contributed by atoms with Crippen LogP contribution in [0.5, 0.6) is 5.75 Å². The number of aliphatic hydroxyl groups is 2. The highest BCUT2D eigenvalue weighted by molar-refractivity contribution is 5.44. The Morgan fingerprint density at radius 1 is 0.851 bits per heavy atom. The van der Waals surface area contributed by atoms with Crippen LogP contribution < -0.4 is 4.74 Å². The number of hydrogen-bond acceptors (Lipinski definition) is 5. The molecule has 47 heavy (non-hydrogen) atoms. The standard InChI is InChI=1S/C37H45F5O5/c1-32(2)21-45-18-15-30-31-27(13-16-34(30,43)23-46-22-32)29-14-17-35(44,36(38,39)37(40,41)42)33(29,3)19-28(31)25-9-11-26(12-10-25)47-20-24-7-5-4-6-8-24/h4-12,27-29,43-44H,13-23H2,1-3H3/t27?,28-,29?,33+,34-,35+/m1/s1. The zero-order valence-electron chi connectivity index (χ0n) is 27.2. The maximum absolute atomic E-state index is 15.4. The smallest absolute Gasteiger partial charge is 0.456 e. The summed E-state index contributed by atoms with van der Waals surface area (Å²) in [4.78, 5) is 0. The van der Waals surface area contributed by atoms with Gasteiger partial charge in [0.1, 0.15) is 23.6 Å². The Morgan fingerprint density at radius 3 is 2.21 bits per heavy atom. The van der Waals surface area contributed by atoms with Crippen molar-refractivity contribution in [2.45, 2.75) is 95.1 Å². The Balaban J connectivity index is 1.42. The number of ether oxygens (including phenoxy) is 3. The van der Waals surface area contributed by atoms with Gasteiger partial charge in [0.2, 0.25) is 0 Å². The Morgan fingerprint density at radius 2 is 1.53 bits per heavy atom. The molecule has 2 unspecified atom stereocenters. The van der Waals surface area contributed by atoms with Crippen LogP contribution in [0, 0.1) is 22.7 Å². The number of allylic oxidation sites excluding steroid dienone is 1. The normalized spacial score (nSPS) is 34.6. The van der Waals surface area contributed by atoms with Crippen LogP contribution in [0.1, 0.15) is 76.3 Å². The summed E-state index contributed by atoms with van der Waals surface area (Å²) < 4.78 is 90.6. The number of fused-ring (bicyclic) bond motifs is 4. The molecule has 6 rings (SSSR count). The SMILES string of the molecule is CC1(C)COCCC2=C3C(CC[C@@]2(O)COC1)C1CC[C@@](O)(C(F)(F)C(F)(F)F)[C@@]1(C)C[C@@H]3c1ccc(OCc2ccccc2)cc1. The second-order valence-corrected chi connectivity index (χ2v) is 15.2. The van der Waals surface area contributed by atoms with Crippen LogP contribution in [0.2, 0.25) is 0 Å². The Bertz CT molecular complexity index is 1460. The van der Waals surface area contributed by atoms with E-state index in [4.69, 9.17) is 14.2 Å². The van der Waals surface area contributed by atoms with Crippen LogP contribution in [0.25, 0.3) is 0 Å². The molecule has 10 heteroatoms. The first-order valence-corrected chi connectivity index (χ1v) is 16.6. The third-order valence-corrected chi connectivity index (χ3v) is 11.5. The Hall–Kier alpha value is -2.53. The topological polar surface area (TPSA) is 68.2 Å². The molecule has 2 aromatic rings. The predicted octanol–water partition coefficient (Wildman–Crippen LogP) is 8.00. The molecule has 1 heterocycles. The largest absolute Gasteiger partial charge is 0.489 e. The molecule has 1 aliphatic heterocycles. The molecule has 0 aromatic heterocycles. The van der Waals surface area contributed by atoms with E-state index in [0.717, 1.165) is 16.7 Å². The van der Waals surface area contributed by atoms with Crippen molar-refractivity contribution in [2.24, 2.45) is 22.7 Å². The lowest BCUT2D eigenvalue weighted by atomic mass is 9.50. The second kappa shape index (κ2) is 12.1. The fourth-order valence-electron chi connectivity index (χ4n) is 9.04. The fraction of sp³-hybridized carbons (Fsp3) is 0.622. The zero-order chi connectivity index (χ0) is 33.9. The summed E-state index contributed by atoms with van der Waals surface area (Å²) in [5, 5.41) is 23.7. The molecule has 2 N–H and O–H groups in total. The van der Waals surface area contributed by atoms with Gasteiger partial charge in [0.05, 0.1) is 26.4 Å². The van der Waals surface area contributed by atoms with E-state index in [-0.39, 0.29) is 31.3 Å². The Labute approximate surface area is 273 Å². The average Bonchev–Trinajstić information content (AvgIpc) is 3.30. The molecule has 2 aromatic carbocycles.